The smallest absolute Gasteiger partial charge is 0.139 e. The predicted octanol–water partition coefficient (Wildman–Crippen LogP) is 2.78. The SMILES string of the molecule is CC[C@H]1c2cccn2CCN1Cc1cc(C)n(-n2cnnc2)c1C. The van der Waals surface area contributed by atoms with E-state index in [9.17, 15) is 0 Å². The first-order valence-electron chi connectivity index (χ1n) is 8.61. The zero-order valence-corrected chi connectivity index (χ0v) is 14.6. The first-order valence-corrected chi connectivity index (χ1v) is 8.61. The first-order chi connectivity index (χ1) is 11.7. The summed E-state index contributed by atoms with van der Waals surface area (Å²) in [5, 5.41) is 7.86. The van der Waals surface area contributed by atoms with Gasteiger partial charge in [-0.1, -0.05) is 6.92 Å². The van der Waals surface area contributed by atoms with Gasteiger partial charge in [-0.25, -0.2) is 4.68 Å². The molecule has 0 amide bonds. The van der Waals surface area contributed by atoms with Crippen molar-refractivity contribution in [2.75, 3.05) is 6.54 Å². The van der Waals surface area contributed by atoms with Gasteiger partial charge in [0.2, 0.25) is 0 Å². The molecule has 1 atom stereocenters. The van der Waals surface area contributed by atoms with Crippen LogP contribution in [0.2, 0.25) is 0 Å². The highest BCUT2D eigenvalue weighted by Crippen LogP contribution is 2.31. The van der Waals surface area contributed by atoms with Crippen LogP contribution < -0.4 is 0 Å². The Morgan fingerprint density at radius 1 is 1.17 bits per heavy atom. The monoisotopic (exact) mass is 324 g/mol. The van der Waals surface area contributed by atoms with Gasteiger partial charge in [-0.3, -0.25) is 9.58 Å². The van der Waals surface area contributed by atoms with Crippen molar-refractivity contribution < 1.29 is 0 Å². The van der Waals surface area contributed by atoms with Gasteiger partial charge in [0.25, 0.3) is 0 Å². The third kappa shape index (κ3) is 2.38. The molecule has 4 heterocycles. The highest BCUT2D eigenvalue weighted by atomic mass is 15.5. The number of aromatic nitrogens is 5. The van der Waals surface area contributed by atoms with Crippen LogP contribution in [0.5, 0.6) is 0 Å². The minimum atomic E-state index is 0.492. The average molecular weight is 324 g/mol. The fourth-order valence-electron chi connectivity index (χ4n) is 4.02. The summed E-state index contributed by atoms with van der Waals surface area (Å²) in [6.07, 6.45) is 6.82. The van der Waals surface area contributed by atoms with Gasteiger partial charge < -0.3 is 4.57 Å². The second-order valence-electron chi connectivity index (χ2n) is 6.57. The normalized spacial score (nSPS) is 18.0. The minimum absolute atomic E-state index is 0.492. The summed E-state index contributed by atoms with van der Waals surface area (Å²) in [6, 6.07) is 7.21. The van der Waals surface area contributed by atoms with E-state index in [0.29, 0.717) is 6.04 Å². The van der Waals surface area contributed by atoms with Gasteiger partial charge in [-0.15, -0.1) is 10.2 Å². The molecule has 3 aromatic rings. The maximum Gasteiger partial charge on any atom is 0.139 e. The minimum Gasteiger partial charge on any atom is -0.349 e. The van der Waals surface area contributed by atoms with Crippen LogP contribution in [-0.4, -0.2) is 35.6 Å². The molecule has 0 aromatic carbocycles. The molecule has 4 rings (SSSR count). The van der Waals surface area contributed by atoms with E-state index in [1.54, 1.807) is 12.7 Å². The van der Waals surface area contributed by atoms with Crippen LogP contribution in [0.25, 0.3) is 0 Å². The number of nitrogens with zero attached hydrogens (tertiary/aromatic N) is 6. The number of rotatable bonds is 4. The molecule has 0 aliphatic carbocycles. The van der Waals surface area contributed by atoms with E-state index in [0.717, 1.165) is 26.1 Å². The van der Waals surface area contributed by atoms with Crippen molar-refractivity contribution in [1.82, 2.24) is 29.0 Å². The molecule has 0 N–H and O–H groups in total. The zero-order chi connectivity index (χ0) is 16.7. The molecule has 3 aromatic heterocycles. The first kappa shape index (κ1) is 15.2. The van der Waals surface area contributed by atoms with Crippen molar-refractivity contribution in [2.45, 2.75) is 46.3 Å². The molecule has 1 aliphatic heterocycles. The topological polar surface area (TPSA) is 43.8 Å². The Morgan fingerprint density at radius 3 is 2.71 bits per heavy atom. The second-order valence-corrected chi connectivity index (χ2v) is 6.57. The Kier molecular flexibility index (Phi) is 3.76. The molecule has 0 spiro atoms. The van der Waals surface area contributed by atoms with Crippen molar-refractivity contribution in [3.63, 3.8) is 0 Å². The van der Waals surface area contributed by atoms with E-state index in [4.69, 9.17) is 0 Å². The second kappa shape index (κ2) is 5.94. The Labute approximate surface area is 142 Å². The maximum absolute atomic E-state index is 3.93. The lowest BCUT2D eigenvalue weighted by Gasteiger charge is -2.36. The number of aryl methyl sites for hydroxylation is 1. The van der Waals surface area contributed by atoms with Gasteiger partial charge in [0, 0.05) is 42.9 Å². The third-order valence-electron chi connectivity index (χ3n) is 5.17. The van der Waals surface area contributed by atoms with E-state index < -0.39 is 0 Å². The number of fused-ring (bicyclic) bond motifs is 1. The molecule has 6 heteroatoms. The fourth-order valence-corrected chi connectivity index (χ4v) is 4.02. The zero-order valence-electron chi connectivity index (χ0n) is 14.6. The molecular weight excluding hydrogens is 300 g/mol. The van der Waals surface area contributed by atoms with E-state index >= 15 is 0 Å². The molecule has 0 unspecified atom stereocenters. The van der Waals surface area contributed by atoms with Gasteiger partial charge in [0.15, 0.2) is 0 Å². The lowest BCUT2D eigenvalue weighted by molar-refractivity contribution is 0.144. The molecule has 0 bridgehead atoms. The Morgan fingerprint density at radius 2 is 1.96 bits per heavy atom. The van der Waals surface area contributed by atoms with Crippen LogP contribution in [0.15, 0.2) is 37.1 Å². The third-order valence-corrected chi connectivity index (χ3v) is 5.17. The summed E-state index contributed by atoms with van der Waals surface area (Å²) in [5.74, 6) is 0. The molecule has 1 aliphatic rings. The van der Waals surface area contributed by atoms with E-state index in [1.807, 2.05) is 4.68 Å². The molecule has 0 saturated carbocycles. The molecule has 0 fully saturated rings. The summed E-state index contributed by atoms with van der Waals surface area (Å²) in [7, 11) is 0. The largest absolute Gasteiger partial charge is 0.349 e. The lowest BCUT2D eigenvalue weighted by atomic mass is 10.1. The molecule has 0 radical (unpaired) electrons. The van der Waals surface area contributed by atoms with Crippen molar-refractivity contribution >= 4 is 0 Å². The average Bonchev–Trinajstić information content (AvgIpc) is 3.29. The van der Waals surface area contributed by atoms with Crippen LogP contribution in [-0.2, 0) is 13.1 Å². The van der Waals surface area contributed by atoms with Crippen LogP contribution in [0.3, 0.4) is 0 Å². The van der Waals surface area contributed by atoms with Crippen LogP contribution in [0.1, 0.15) is 42.0 Å². The highest BCUT2D eigenvalue weighted by Gasteiger charge is 2.26. The molecule has 6 nitrogen and oxygen atoms in total. The van der Waals surface area contributed by atoms with Gasteiger partial charge in [-0.05, 0) is 44.0 Å². The van der Waals surface area contributed by atoms with Crippen molar-refractivity contribution in [3.8, 4) is 0 Å². The fraction of sp³-hybridized carbons (Fsp3) is 0.444. The summed E-state index contributed by atoms with van der Waals surface area (Å²) in [4.78, 5) is 2.60. The van der Waals surface area contributed by atoms with Crippen molar-refractivity contribution in [1.29, 1.82) is 0 Å². The van der Waals surface area contributed by atoms with Crippen molar-refractivity contribution in [3.05, 3.63) is 59.7 Å². The standard InChI is InChI=1S/C18H24N6/c1-4-17-18-6-5-7-21(18)8-9-22(17)11-16-10-14(2)24(15(16)3)23-12-19-20-13-23/h5-7,10,12-13,17H,4,8-9,11H2,1-3H3/t17-/m0/s1. The Bertz CT molecular complexity index is 826. The lowest BCUT2D eigenvalue weighted by Crippen LogP contribution is -2.37. The number of hydrogen-bond donors (Lipinski definition) is 0. The van der Waals surface area contributed by atoms with Gasteiger partial charge in [0.1, 0.15) is 12.7 Å². The van der Waals surface area contributed by atoms with Crippen LogP contribution in [0, 0.1) is 13.8 Å². The Balaban J connectivity index is 1.63. The van der Waals surface area contributed by atoms with E-state index in [-0.39, 0.29) is 0 Å². The molecule has 126 valence electrons. The van der Waals surface area contributed by atoms with Gasteiger partial charge >= 0.3 is 0 Å². The van der Waals surface area contributed by atoms with Gasteiger partial charge in [0.05, 0.1) is 6.04 Å². The molecule has 0 saturated heterocycles. The summed E-state index contributed by atoms with van der Waals surface area (Å²) in [5.41, 5.74) is 5.27. The van der Waals surface area contributed by atoms with E-state index in [1.165, 1.54) is 22.6 Å². The van der Waals surface area contributed by atoms with Crippen molar-refractivity contribution in [2.24, 2.45) is 0 Å². The number of hydrogen-bond acceptors (Lipinski definition) is 3. The summed E-state index contributed by atoms with van der Waals surface area (Å²) >= 11 is 0. The van der Waals surface area contributed by atoms with E-state index in [2.05, 4.69) is 69.5 Å². The van der Waals surface area contributed by atoms with Gasteiger partial charge in [-0.2, -0.15) is 0 Å². The van der Waals surface area contributed by atoms with Crippen LogP contribution >= 0.6 is 0 Å². The highest BCUT2D eigenvalue weighted by molar-refractivity contribution is 5.27. The Hall–Kier alpha value is -2.34. The maximum atomic E-state index is 3.93. The molecular formula is C18H24N6. The van der Waals surface area contributed by atoms with Crippen LogP contribution in [0.4, 0.5) is 0 Å². The quantitative estimate of drug-likeness (QED) is 0.741. The predicted molar refractivity (Wildman–Crippen MR) is 92.6 cm³/mol. The molecule has 24 heavy (non-hydrogen) atoms. The summed E-state index contributed by atoms with van der Waals surface area (Å²) in [6.45, 7) is 9.73. The summed E-state index contributed by atoms with van der Waals surface area (Å²) < 4.78 is 6.50.